The summed E-state index contributed by atoms with van der Waals surface area (Å²) < 4.78 is 5.30. The number of carboxylic acids is 1. The number of hydrogen-bond donors (Lipinski definition) is 2. The van der Waals surface area contributed by atoms with E-state index in [2.05, 4.69) is 5.32 Å². The van der Waals surface area contributed by atoms with Crippen LogP contribution < -0.4 is 5.32 Å². The molecule has 0 bridgehead atoms. The topological polar surface area (TPSA) is 58.6 Å². The quantitative estimate of drug-likeness (QED) is 0.652. The van der Waals surface area contributed by atoms with Crippen molar-refractivity contribution in [1.29, 1.82) is 0 Å². The van der Waals surface area contributed by atoms with Crippen molar-refractivity contribution < 1.29 is 14.6 Å². The summed E-state index contributed by atoms with van der Waals surface area (Å²) in [6, 6.07) is -0.621. The first-order valence-corrected chi connectivity index (χ1v) is 3.91. The SMILES string of the molecule is CN[C@H](COC(C)(C)C)C(=O)O. The lowest BCUT2D eigenvalue weighted by Gasteiger charge is -2.22. The fourth-order valence-electron chi connectivity index (χ4n) is 0.611. The van der Waals surface area contributed by atoms with Gasteiger partial charge in [0.2, 0.25) is 0 Å². The molecule has 0 aromatic rings. The molecule has 0 aliphatic rings. The van der Waals surface area contributed by atoms with Crippen LogP contribution in [0.3, 0.4) is 0 Å². The van der Waals surface area contributed by atoms with E-state index in [4.69, 9.17) is 9.84 Å². The zero-order chi connectivity index (χ0) is 9.78. The summed E-state index contributed by atoms with van der Waals surface area (Å²) in [6.45, 7) is 5.86. The van der Waals surface area contributed by atoms with Crippen molar-refractivity contribution in [3.8, 4) is 0 Å². The summed E-state index contributed by atoms with van der Waals surface area (Å²) in [4.78, 5) is 10.5. The molecule has 0 aliphatic carbocycles. The predicted molar refractivity (Wildman–Crippen MR) is 46.2 cm³/mol. The maximum atomic E-state index is 10.5. The second-order valence-electron chi connectivity index (χ2n) is 3.60. The minimum absolute atomic E-state index is 0.190. The highest BCUT2D eigenvalue weighted by Gasteiger charge is 2.18. The van der Waals surface area contributed by atoms with Crippen LogP contribution in [0.4, 0.5) is 0 Å². The Morgan fingerprint density at radius 2 is 2.08 bits per heavy atom. The van der Waals surface area contributed by atoms with Crippen molar-refractivity contribution in [2.24, 2.45) is 0 Å². The second-order valence-corrected chi connectivity index (χ2v) is 3.60. The molecule has 0 fully saturated rings. The number of carboxylic acid groups (broad SMARTS) is 1. The van der Waals surface area contributed by atoms with Gasteiger partial charge in [0.05, 0.1) is 12.2 Å². The van der Waals surface area contributed by atoms with E-state index < -0.39 is 12.0 Å². The van der Waals surface area contributed by atoms with Crippen LogP contribution in [0.5, 0.6) is 0 Å². The van der Waals surface area contributed by atoms with Crippen LogP contribution in [0, 0.1) is 0 Å². The number of nitrogens with one attached hydrogen (secondary N) is 1. The molecule has 0 aromatic heterocycles. The van der Waals surface area contributed by atoms with Crippen molar-refractivity contribution in [2.45, 2.75) is 32.4 Å². The van der Waals surface area contributed by atoms with Crippen LogP contribution in [0.1, 0.15) is 20.8 Å². The maximum absolute atomic E-state index is 10.5. The van der Waals surface area contributed by atoms with Gasteiger partial charge in [-0.15, -0.1) is 0 Å². The highest BCUT2D eigenvalue weighted by Crippen LogP contribution is 2.06. The lowest BCUT2D eigenvalue weighted by molar-refractivity contribution is -0.142. The molecule has 0 unspecified atom stereocenters. The summed E-state index contributed by atoms with van der Waals surface area (Å²) in [5, 5.41) is 11.3. The normalized spacial score (nSPS) is 14.3. The first kappa shape index (κ1) is 11.4. The third-order valence-corrected chi connectivity index (χ3v) is 1.33. The molecule has 2 N–H and O–H groups in total. The minimum Gasteiger partial charge on any atom is -0.480 e. The molecule has 72 valence electrons. The molecule has 0 aliphatic heterocycles. The zero-order valence-corrected chi connectivity index (χ0v) is 8.05. The predicted octanol–water partition coefficient (Wildman–Crippen LogP) is 0.474. The van der Waals surface area contributed by atoms with Crippen molar-refractivity contribution in [2.75, 3.05) is 13.7 Å². The van der Waals surface area contributed by atoms with Crippen molar-refractivity contribution in [1.82, 2.24) is 5.32 Å². The monoisotopic (exact) mass is 175 g/mol. The van der Waals surface area contributed by atoms with Crippen molar-refractivity contribution in [3.05, 3.63) is 0 Å². The van der Waals surface area contributed by atoms with Gasteiger partial charge in [0.25, 0.3) is 0 Å². The first-order valence-electron chi connectivity index (χ1n) is 3.91. The van der Waals surface area contributed by atoms with Gasteiger partial charge in [0, 0.05) is 0 Å². The molecule has 0 amide bonds. The van der Waals surface area contributed by atoms with Gasteiger partial charge in [-0.3, -0.25) is 4.79 Å². The number of aliphatic carboxylic acids is 1. The van der Waals surface area contributed by atoms with Gasteiger partial charge in [-0.1, -0.05) is 0 Å². The lowest BCUT2D eigenvalue weighted by Crippen LogP contribution is -2.40. The first-order chi connectivity index (χ1) is 5.37. The fourth-order valence-corrected chi connectivity index (χ4v) is 0.611. The van der Waals surface area contributed by atoms with Crippen LogP contribution in [0.2, 0.25) is 0 Å². The van der Waals surface area contributed by atoms with Crippen LogP contribution in [-0.4, -0.2) is 36.4 Å². The number of carbonyl (C=O) groups is 1. The standard InChI is InChI=1S/C8H17NO3/c1-8(2,3)12-5-6(9-4)7(10)11/h6,9H,5H2,1-4H3,(H,10,11)/t6-/m1/s1. The van der Waals surface area contributed by atoms with E-state index in [9.17, 15) is 4.79 Å². The Balaban J connectivity index is 3.81. The van der Waals surface area contributed by atoms with Gasteiger partial charge in [0.1, 0.15) is 6.04 Å². The second kappa shape index (κ2) is 4.42. The van der Waals surface area contributed by atoms with Crippen molar-refractivity contribution >= 4 is 5.97 Å². The van der Waals surface area contributed by atoms with Gasteiger partial charge in [-0.05, 0) is 27.8 Å². The molecule has 0 spiro atoms. The molecule has 0 heterocycles. The Hall–Kier alpha value is -0.610. The van der Waals surface area contributed by atoms with E-state index >= 15 is 0 Å². The highest BCUT2D eigenvalue weighted by atomic mass is 16.5. The van der Waals surface area contributed by atoms with Gasteiger partial charge in [-0.25, -0.2) is 0 Å². The van der Waals surface area contributed by atoms with E-state index in [0.29, 0.717) is 0 Å². The van der Waals surface area contributed by atoms with Gasteiger partial charge in [0.15, 0.2) is 0 Å². The summed E-state index contributed by atoms with van der Waals surface area (Å²) in [5.41, 5.74) is -0.287. The fraction of sp³-hybridized carbons (Fsp3) is 0.875. The Morgan fingerprint density at radius 3 is 2.33 bits per heavy atom. The van der Waals surface area contributed by atoms with Crippen LogP contribution in [-0.2, 0) is 9.53 Å². The smallest absolute Gasteiger partial charge is 0.323 e. The highest BCUT2D eigenvalue weighted by molar-refractivity contribution is 5.73. The Morgan fingerprint density at radius 1 is 1.58 bits per heavy atom. The molecule has 4 heteroatoms. The van der Waals surface area contributed by atoms with Crippen LogP contribution in [0.25, 0.3) is 0 Å². The molecule has 4 nitrogen and oxygen atoms in total. The van der Waals surface area contributed by atoms with Crippen LogP contribution >= 0.6 is 0 Å². The summed E-state index contributed by atoms with van der Waals surface area (Å²) >= 11 is 0. The third kappa shape index (κ3) is 5.09. The van der Waals surface area contributed by atoms with Crippen LogP contribution in [0.15, 0.2) is 0 Å². The largest absolute Gasteiger partial charge is 0.480 e. The maximum Gasteiger partial charge on any atom is 0.323 e. The molecule has 0 saturated heterocycles. The summed E-state index contributed by atoms with van der Waals surface area (Å²) in [6.07, 6.45) is 0. The van der Waals surface area contributed by atoms with E-state index in [1.54, 1.807) is 7.05 Å². The number of hydrogen-bond acceptors (Lipinski definition) is 3. The molecule has 12 heavy (non-hydrogen) atoms. The van der Waals surface area contributed by atoms with E-state index in [1.807, 2.05) is 20.8 Å². The number of ether oxygens (including phenoxy) is 1. The lowest BCUT2D eigenvalue weighted by atomic mass is 10.2. The Kier molecular flexibility index (Phi) is 4.20. The summed E-state index contributed by atoms with van der Waals surface area (Å²) in [7, 11) is 1.60. The van der Waals surface area contributed by atoms with E-state index in [-0.39, 0.29) is 12.2 Å². The molecule has 0 saturated carbocycles. The average Bonchev–Trinajstić information content (AvgIpc) is 1.85. The van der Waals surface area contributed by atoms with E-state index in [0.717, 1.165) is 0 Å². The van der Waals surface area contributed by atoms with Gasteiger partial charge >= 0.3 is 5.97 Å². The molecule has 0 rings (SSSR count). The third-order valence-electron chi connectivity index (χ3n) is 1.33. The number of rotatable bonds is 4. The molecular formula is C8H17NO3. The molecule has 0 aromatic carbocycles. The molecular weight excluding hydrogens is 158 g/mol. The Labute approximate surface area is 72.9 Å². The zero-order valence-electron chi connectivity index (χ0n) is 8.05. The molecule has 0 radical (unpaired) electrons. The number of likely N-dealkylation sites (N-methyl/N-ethyl adjacent to an activating group) is 1. The van der Waals surface area contributed by atoms with E-state index in [1.165, 1.54) is 0 Å². The summed E-state index contributed by atoms with van der Waals surface area (Å²) in [5.74, 6) is -0.887. The van der Waals surface area contributed by atoms with Gasteiger partial charge < -0.3 is 15.2 Å². The van der Waals surface area contributed by atoms with Gasteiger partial charge in [-0.2, -0.15) is 0 Å². The van der Waals surface area contributed by atoms with Crippen molar-refractivity contribution in [3.63, 3.8) is 0 Å². The minimum atomic E-state index is -0.887. The Bertz CT molecular complexity index is 151. The molecule has 1 atom stereocenters. The average molecular weight is 175 g/mol.